The third-order valence-corrected chi connectivity index (χ3v) is 4.05. The van der Waals surface area contributed by atoms with E-state index in [0.717, 1.165) is 22.7 Å². The van der Waals surface area contributed by atoms with Crippen LogP contribution in [0.4, 0.5) is 0 Å². The molecule has 4 heteroatoms. The van der Waals surface area contributed by atoms with Gasteiger partial charge in [0.2, 0.25) is 0 Å². The molecule has 0 spiro atoms. The van der Waals surface area contributed by atoms with Crippen LogP contribution < -0.4 is 5.73 Å². The third-order valence-electron chi connectivity index (χ3n) is 4.05. The lowest BCUT2D eigenvalue weighted by atomic mass is 10.00. The maximum atomic E-state index is 12.5. The van der Waals surface area contributed by atoms with Gasteiger partial charge in [-0.2, -0.15) is 0 Å². The first-order chi connectivity index (χ1) is 10.5. The molecule has 4 nitrogen and oxygen atoms in total. The summed E-state index contributed by atoms with van der Waals surface area (Å²) in [5, 5.41) is 0. The topological polar surface area (TPSA) is 71.8 Å². The lowest BCUT2D eigenvalue weighted by molar-refractivity contribution is -0.116. The molecule has 0 radical (unpaired) electrons. The second-order valence-electron chi connectivity index (χ2n) is 6.17. The number of aromatic nitrogens is 2. The van der Waals surface area contributed by atoms with Crippen molar-refractivity contribution >= 4 is 11.9 Å². The van der Waals surface area contributed by atoms with Gasteiger partial charge >= 0.3 is 0 Å². The van der Waals surface area contributed by atoms with Crippen molar-refractivity contribution < 1.29 is 4.79 Å². The van der Waals surface area contributed by atoms with Crippen molar-refractivity contribution in [2.75, 3.05) is 0 Å². The Bertz CT molecular complexity index is 727. The zero-order valence-corrected chi connectivity index (χ0v) is 13.0. The van der Waals surface area contributed by atoms with Gasteiger partial charge in [0.05, 0.1) is 6.04 Å². The second-order valence-corrected chi connectivity index (χ2v) is 6.17. The summed E-state index contributed by atoms with van der Waals surface area (Å²) in [5.74, 6) is 1.30. The molecule has 0 aliphatic heterocycles. The predicted molar refractivity (Wildman–Crippen MR) is 87.5 cm³/mol. The first-order valence-corrected chi connectivity index (χ1v) is 7.66. The smallest absolute Gasteiger partial charge is 0.176 e. The number of carbonyl (C=O) groups is 1. The van der Waals surface area contributed by atoms with Gasteiger partial charge < -0.3 is 10.7 Å². The molecule has 0 fully saturated rings. The predicted octanol–water partition coefficient (Wildman–Crippen LogP) is 2.61. The molecule has 0 unspecified atom stereocenters. The molecule has 1 aliphatic rings. The highest BCUT2D eigenvalue weighted by molar-refractivity contribution is 6.05. The Labute approximate surface area is 130 Å². The lowest BCUT2D eigenvalue weighted by Gasteiger charge is -2.10. The van der Waals surface area contributed by atoms with Gasteiger partial charge in [0.25, 0.3) is 0 Å². The minimum absolute atomic E-state index is 0.0249. The molecule has 1 aliphatic carbocycles. The summed E-state index contributed by atoms with van der Waals surface area (Å²) in [5.41, 5.74) is 10.2. The standard InChI is InChI=1S/C18H21N3O/c1-11(2)18-20-10-15(21-18)9-16(19)17(22)14-7-12-5-3-4-6-13(12)8-14/h3-7,10-11,16H,8-9,19H2,1-2H3,(H,20,21)/t16-/m0/s1. The van der Waals surface area contributed by atoms with E-state index in [-0.39, 0.29) is 5.78 Å². The average molecular weight is 295 g/mol. The van der Waals surface area contributed by atoms with Crippen LogP contribution in [0.15, 0.2) is 36.0 Å². The van der Waals surface area contributed by atoms with Crippen molar-refractivity contribution in [2.24, 2.45) is 5.73 Å². The molecule has 0 saturated carbocycles. The minimum atomic E-state index is -0.527. The highest BCUT2D eigenvalue weighted by Gasteiger charge is 2.23. The summed E-state index contributed by atoms with van der Waals surface area (Å²) in [6, 6.07) is 7.55. The monoisotopic (exact) mass is 295 g/mol. The van der Waals surface area contributed by atoms with Gasteiger partial charge in [-0.1, -0.05) is 38.1 Å². The molecule has 1 aromatic carbocycles. The number of carbonyl (C=O) groups excluding carboxylic acids is 1. The number of aromatic amines is 1. The summed E-state index contributed by atoms with van der Waals surface area (Å²) < 4.78 is 0. The van der Waals surface area contributed by atoms with Gasteiger partial charge in [-0.05, 0) is 17.2 Å². The maximum absolute atomic E-state index is 12.5. The quantitative estimate of drug-likeness (QED) is 0.890. The number of ketones is 1. The van der Waals surface area contributed by atoms with Crippen molar-refractivity contribution in [3.63, 3.8) is 0 Å². The van der Waals surface area contributed by atoms with E-state index in [4.69, 9.17) is 5.73 Å². The average Bonchev–Trinajstić information content (AvgIpc) is 3.12. The maximum Gasteiger partial charge on any atom is 0.176 e. The highest BCUT2D eigenvalue weighted by Crippen LogP contribution is 2.26. The molecule has 3 rings (SSSR count). The van der Waals surface area contributed by atoms with Crippen LogP contribution in [0.25, 0.3) is 6.08 Å². The van der Waals surface area contributed by atoms with Crippen LogP contribution in [-0.2, 0) is 17.6 Å². The van der Waals surface area contributed by atoms with E-state index in [9.17, 15) is 4.79 Å². The number of Topliss-reactive ketones (excluding diaryl/α,β-unsaturated/α-hetero) is 1. The van der Waals surface area contributed by atoms with Crippen molar-refractivity contribution in [1.29, 1.82) is 0 Å². The largest absolute Gasteiger partial charge is 0.346 e. The molecular formula is C18H21N3O. The summed E-state index contributed by atoms with van der Waals surface area (Å²) in [7, 11) is 0. The van der Waals surface area contributed by atoms with Gasteiger partial charge in [0, 0.05) is 36.2 Å². The Morgan fingerprint density at radius 1 is 1.36 bits per heavy atom. The molecule has 3 N–H and O–H groups in total. The van der Waals surface area contributed by atoms with Gasteiger partial charge in [0.15, 0.2) is 5.78 Å². The SMILES string of the molecule is CC(C)c1ncc(C[C@H](N)C(=O)C2=Cc3ccccc3C2)[nH]1. The molecule has 2 aromatic rings. The fourth-order valence-corrected chi connectivity index (χ4v) is 2.78. The number of nitrogens with two attached hydrogens (primary N) is 1. The number of H-pyrrole nitrogens is 1. The molecule has 1 atom stereocenters. The summed E-state index contributed by atoms with van der Waals surface area (Å²) in [6.07, 6.45) is 4.92. The number of nitrogens with zero attached hydrogens (tertiary/aromatic N) is 1. The van der Waals surface area contributed by atoms with E-state index in [1.807, 2.05) is 24.3 Å². The lowest BCUT2D eigenvalue weighted by Crippen LogP contribution is -2.34. The molecule has 1 heterocycles. The molecule has 22 heavy (non-hydrogen) atoms. The van der Waals surface area contributed by atoms with Crippen LogP contribution in [0.3, 0.4) is 0 Å². The molecule has 0 amide bonds. The van der Waals surface area contributed by atoms with E-state index in [0.29, 0.717) is 18.8 Å². The zero-order chi connectivity index (χ0) is 15.7. The van der Waals surface area contributed by atoms with Gasteiger partial charge in [-0.25, -0.2) is 4.98 Å². The zero-order valence-electron chi connectivity index (χ0n) is 13.0. The Morgan fingerprint density at radius 3 is 2.82 bits per heavy atom. The number of hydrogen-bond donors (Lipinski definition) is 2. The minimum Gasteiger partial charge on any atom is -0.346 e. The van der Waals surface area contributed by atoms with Crippen molar-refractivity contribution in [3.05, 3.63) is 58.7 Å². The number of rotatable bonds is 5. The number of benzene rings is 1. The molecular weight excluding hydrogens is 274 g/mol. The van der Waals surface area contributed by atoms with Crippen molar-refractivity contribution in [2.45, 2.75) is 38.6 Å². The first kappa shape index (κ1) is 14.7. The number of nitrogens with one attached hydrogen (secondary N) is 1. The van der Waals surface area contributed by atoms with Crippen LogP contribution in [-0.4, -0.2) is 21.8 Å². The first-order valence-electron chi connectivity index (χ1n) is 7.66. The van der Waals surface area contributed by atoms with E-state index < -0.39 is 6.04 Å². The van der Waals surface area contributed by atoms with Crippen molar-refractivity contribution in [3.8, 4) is 0 Å². The normalized spacial score (nSPS) is 14.8. The van der Waals surface area contributed by atoms with E-state index in [1.54, 1.807) is 6.20 Å². The Hall–Kier alpha value is -2.20. The molecule has 0 bridgehead atoms. The van der Waals surface area contributed by atoms with Crippen LogP contribution in [0.2, 0.25) is 0 Å². The summed E-state index contributed by atoms with van der Waals surface area (Å²) in [4.78, 5) is 20.1. The second kappa shape index (κ2) is 5.89. The van der Waals surface area contributed by atoms with E-state index in [1.165, 1.54) is 5.56 Å². The molecule has 1 aromatic heterocycles. The Kier molecular flexibility index (Phi) is 3.94. The Balaban J connectivity index is 1.68. The van der Waals surface area contributed by atoms with Gasteiger partial charge in [-0.3, -0.25) is 4.79 Å². The number of imidazole rings is 1. The fourth-order valence-electron chi connectivity index (χ4n) is 2.78. The summed E-state index contributed by atoms with van der Waals surface area (Å²) >= 11 is 0. The van der Waals surface area contributed by atoms with Crippen LogP contribution in [0.5, 0.6) is 0 Å². The highest BCUT2D eigenvalue weighted by atomic mass is 16.1. The Morgan fingerprint density at radius 2 is 2.14 bits per heavy atom. The third kappa shape index (κ3) is 2.88. The molecule has 0 saturated heterocycles. The number of hydrogen-bond acceptors (Lipinski definition) is 3. The summed E-state index contributed by atoms with van der Waals surface area (Å²) in [6.45, 7) is 4.16. The molecule has 114 valence electrons. The van der Waals surface area contributed by atoms with E-state index >= 15 is 0 Å². The van der Waals surface area contributed by atoms with Crippen LogP contribution >= 0.6 is 0 Å². The van der Waals surface area contributed by atoms with Crippen molar-refractivity contribution in [1.82, 2.24) is 9.97 Å². The number of fused-ring (bicyclic) bond motifs is 1. The van der Waals surface area contributed by atoms with Gasteiger partial charge in [0.1, 0.15) is 5.82 Å². The van der Waals surface area contributed by atoms with Crippen LogP contribution in [0.1, 0.15) is 42.4 Å². The van der Waals surface area contributed by atoms with Crippen LogP contribution in [0, 0.1) is 0 Å². The fraction of sp³-hybridized carbons (Fsp3) is 0.333. The van der Waals surface area contributed by atoms with Gasteiger partial charge in [-0.15, -0.1) is 0 Å². The van der Waals surface area contributed by atoms with E-state index in [2.05, 4.69) is 29.9 Å².